The van der Waals surface area contributed by atoms with E-state index in [-0.39, 0.29) is 17.2 Å². The number of nitrogens with one attached hydrogen (secondary N) is 1. The Kier molecular flexibility index (Phi) is 4.59. The lowest BCUT2D eigenvalue weighted by Crippen LogP contribution is -2.46. The summed E-state index contributed by atoms with van der Waals surface area (Å²) in [6.07, 6.45) is 8.10. The van der Waals surface area contributed by atoms with Crippen LogP contribution in [0.5, 0.6) is 0 Å². The van der Waals surface area contributed by atoms with Gasteiger partial charge in [0, 0.05) is 13.0 Å². The molecule has 1 unspecified atom stereocenters. The maximum absolute atomic E-state index is 13.0. The molecular weight excluding hydrogens is 300 g/mol. The van der Waals surface area contributed by atoms with Gasteiger partial charge in [-0.1, -0.05) is 4.21 Å². The number of rotatable bonds is 3. The summed E-state index contributed by atoms with van der Waals surface area (Å²) in [5.74, 6) is -0.0251. The minimum absolute atomic E-state index is 0.0251. The lowest BCUT2D eigenvalue weighted by Gasteiger charge is -2.37. The Hall–Kier alpha value is -0.880. The van der Waals surface area contributed by atoms with Crippen molar-refractivity contribution in [2.75, 3.05) is 6.54 Å². The Balaban J connectivity index is 1.66. The van der Waals surface area contributed by atoms with E-state index >= 15 is 0 Å². The third-order valence-corrected chi connectivity index (χ3v) is 7.61. The number of nitrogens with zero attached hydrogens (tertiary/aromatic N) is 1. The van der Waals surface area contributed by atoms with E-state index in [1.54, 1.807) is 4.31 Å². The summed E-state index contributed by atoms with van der Waals surface area (Å²) in [4.78, 5) is 11.1. The van der Waals surface area contributed by atoms with E-state index in [2.05, 4.69) is 5.32 Å². The minimum Gasteiger partial charge on any atom is -0.593 e. The molecule has 0 aromatic carbocycles. The van der Waals surface area contributed by atoms with E-state index < -0.39 is 10.4 Å². The fourth-order valence-electron chi connectivity index (χ4n) is 4.15. The van der Waals surface area contributed by atoms with E-state index in [0.717, 1.165) is 44.2 Å². The topological polar surface area (TPSA) is 72.5 Å². The van der Waals surface area contributed by atoms with Crippen LogP contribution in [0, 0.1) is 0 Å². The van der Waals surface area contributed by atoms with Gasteiger partial charge in [-0.15, -0.1) is 0 Å². The Labute approximate surface area is 133 Å². The van der Waals surface area contributed by atoms with E-state index in [1.807, 2.05) is 0 Å². The molecule has 124 valence electrons. The lowest BCUT2D eigenvalue weighted by atomic mass is 9.95. The van der Waals surface area contributed by atoms with Crippen LogP contribution in [0.2, 0.25) is 0 Å². The molecule has 2 aliphatic carbocycles. The third kappa shape index (κ3) is 3.08. The van der Waals surface area contributed by atoms with Crippen LogP contribution in [-0.4, -0.2) is 32.6 Å². The second-order valence-electron chi connectivity index (χ2n) is 6.80. The zero-order valence-corrected chi connectivity index (χ0v) is 14.1. The van der Waals surface area contributed by atoms with Crippen molar-refractivity contribution in [1.29, 1.82) is 0 Å². The third-order valence-electron chi connectivity index (χ3n) is 5.28. The molecule has 5 nitrogen and oxygen atoms in total. The first-order valence-corrected chi connectivity index (χ1v) is 9.98. The molecule has 1 heterocycles. The van der Waals surface area contributed by atoms with Crippen LogP contribution in [0.3, 0.4) is 0 Å². The zero-order chi connectivity index (χ0) is 15.7. The van der Waals surface area contributed by atoms with Crippen LogP contribution in [0.25, 0.3) is 0 Å². The highest BCUT2D eigenvalue weighted by molar-refractivity contribution is 7.96. The van der Waals surface area contributed by atoms with Crippen LogP contribution in [0.4, 0.5) is 0 Å². The van der Waals surface area contributed by atoms with Crippen molar-refractivity contribution in [3.63, 3.8) is 0 Å². The lowest BCUT2D eigenvalue weighted by molar-refractivity contribution is -0.119. The highest BCUT2D eigenvalue weighted by Crippen LogP contribution is 2.41. The monoisotopic (exact) mass is 326 g/mol. The fraction of sp³-hybridized carbons (Fsp3) is 0.812. The van der Waals surface area contributed by atoms with Crippen LogP contribution in [0.15, 0.2) is 11.3 Å². The number of carbonyl (C=O) groups excluding carboxylic acids is 1. The predicted molar refractivity (Wildman–Crippen MR) is 85.5 cm³/mol. The van der Waals surface area contributed by atoms with E-state index in [9.17, 15) is 13.6 Å². The van der Waals surface area contributed by atoms with Crippen molar-refractivity contribution in [3.05, 3.63) is 11.3 Å². The summed E-state index contributed by atoms with van der Waals surface area (Å²) in [6.45, 7) is 2.17. The molecule has 0 bridgehead atoms. The molecule has 1 amide bonds. The van der Waals surface area contributed by atoms with E-state index in [4.69, 9.17) is 0 Å². The predicted octanol–water partition coefficient (Wildman–Crippen LogP) is 2.51. The first-order chi connectivity index (χ1) is 10.5. The summed E-state index contributed by atoms with van der Waals surface area (Å²) in [7, 11) is -3.22. The van der Waals surface area contributed by atoms with Gasteiger partial charge in [-0.25, -0.2) is 0 Å². The van der Waals surface area contributed by atoms with E-state index in [1.165, 1.54) is 18.9 Å². The zero-order valence-electron chi connectivity index (χ0n) is 13.3. The number of sulfonamides is 1. The second kappa shape index (κ2) is 6.32. The van der Waals surface area contributed by atoms with Gasteiger partial charge in [0.05, 0.1) is 12.2 Å². The molecule has 3 aliphatic rings. The Morgan fingerprint density at radius 1 is 1.18 bits per heavy atom. The van der Waals surface area contributed by atoms with Crippen LogP contribution in [-0.2, 0) is 19.4 Å². The molecule has 0 aromatic heterocycles. The van der Waals surface area contributed by atoms with Crippen LogP contribution < -0.4 is 5.32 Å². The molecule has 1 saturated carbocycles. The standard InChI is InChI=1S/C16H26N2O3S/c1-12(19)17-14-6-8-15(9-7-14)22(20,21)18-11-10-13-4-2-3-5-16(13)18/h14-15H,2-11H2,1H3,(H-,17,19,20,21). The fourth-order valence-corrected chi connectivity index (χ4v) is 6.25. The quantitative estimate of drug-likeness (QED) is 0.810. The number of hydrogen-bond donors (Lipinski definition) is 1. The molecule has 1 fully saturated rings. The van der Waals surface area contributed by atoms with Crippen molar-refractivity contribution < 1.29 is 13.6 Å². The average molecular weight is 326 g/mol. The molecular formula is C16H26N2O3S. The molecule has 0 spiro atoms. The first-order valence-electron chi connectivity index (χ1n) is 8.48. The molecule has 6 heteroatoms. The highest BCUT2D eigenvalue weighted by atomic mass is 32.3. The van der Waals surface area contributed by atoms with Crippen LogP contribution in [0.1, 0.15) is 64.7 Å². The van der Waals surface area contributed by atoms with Crippen molar-refractivity contribution in [3.8, 4) is 0 Å². The maximum Gasteiger partial charge on any atom is 0.217 e. The van der Waals surface area contributed by atoms with Gasteiger partial charge < -0.3 is 9.87 Å². The summed E-state index contributed by atoms with van der Waals surface area (Å²) in [6, 6.07) is 0.145. The van der Waals surface area contributed by atoms with Gasteiger partial charge in [-0.2, -0.15) is 4.31 Å². The van der Waals surface area contributed by atoms with Gasteiger partial charge in [0.25, 0.3) is 0 Å². The van der Waals surface area contributed by atoms with E-state index in [0.29, 0.717) is 19.4 Å². The molecule has 22 heavy (non-hydrogen) atoms. The van der Waals surface area contributed by atoms with Gasteiger partial charge in [-0.3, -0.25) is 4.79 Å². The van der Waals surface area contributed by atoms with Gasteiger partial charge in [0.1, 0.15) is 5.25 Å². The van der Waals surface area contributed by atoms with Crippen molar-refractivity contribution in [2.24, 2.45) is 0 Å². The number of amides is 1. The number of carbonyl (C=O) groups is 1. The summed E-state index contributed by atoms with van der Waals surface area (Å²) in [5, 5.41) is 2.64. The molecule has 0 radical (unpaired) electrons. The van der Waals surface area contributed by atoms with Gasteiger partial charge in [-0.05, 0) is 63.4 Å². The van der Waals surface area contributed by atoms with Crippen molar-refractivity contribution >= 4 is 16.3 Å². The molecule has 1 atom stereocenters. The Morgan fingerprint density at radius 2 is 1.86 bits per heavy atom. The van der Waals surface area contributed by atoms with Crippen molar-refractivity contribution in [1.82, 2.24) is 9.62 Å². The van der Waals surface area contributed by atoms with Gasteiger partial charge in [0.15, 0.2) is 10.4 Å². The molecule has 1 N–H and O–H groups in total. The van der Waals surface area contributed by atoms with Crippen molar-refractivity contribution in [2.45, 2.75) is 76.0 Å². The average Bonchev–Trinajstić information content (AvgIpc) is 2.92. The Morgan fingerprint density at radius 3 is 2.55 bits per heavy atom. The van der Waals surface area contributed by atoms with Crippen LogP contribution >= 0.6 is 0 Å². The SMILES string of the molecule is CC(=O)NC1CCC([S+](=O)([O-])N2CCC3=C2CCCC3)CC1. The smallest absolute Gasteiger partial charge is 0.217 e. The molecule has 1 aliphatic heterocycles. The second-order valence-corrected chi connectivity index (χ2v) is 8.94. The molecule has 3 rings (SSSR count). The molecule has 0 aromatic rings. The highest BCUT2D eigenvalue weighted by Gasteiger charge is 2.43. The largest absolute Gasteiger partial charge is 0.593 e. The Bertz CT molecular complexity index is 523. The molecule has 0 saturated heterocycles. The summed E-state index contributed by atoms with van der Waals surface area (Å²) >= 11 is 0. The normalized spacial score (nSPS) is 31.6. The van der Waals surface area contributed by atoms with Gasteiger partial charge in [0.2, 0.25) is 5.91 Å². The number of hydrogen-bond acceptors (Lipinski definition) is 3. The first kappa shape index (κ1) is 16.0. The summed E-state index contributed by atoms with van der Waals surface area (Å²) < 4.78 is 27.7. The maximum atomic E-state index is 13.0. The summed E-state index contributed by atoms with van der Waals surface area (Å²) in [5.41, 5.74) is 2.48. The minimum atomic E-state index is -3.22. The van der Waals surface area contributed by atoms with Gasteiger partial charge >= 0.3 is 0 Å². The number of allylic oxidation sites excluding steroid dienone is 1.